The first-order chi connectivity index (χ1) is 17.8. The van der Waals surface area contributed by atoms with Gasteiger partial charge in [-0.15, -0.1) is 0 Å². The van der Waals surface area contributed by atoms with Crippen molar-refractivity contribution in [3.63, 3.8) is 0 Å². The van der Waals surface area contributed by atoms with Crippen LogP contribution in [0, 0.1) is 18.3 Å². The summed E-state index contributed by atoms with van der Waals surface area (Å²) in [5.41, 5.74) is 7.06. The molecule has 5 heteroatoms. The van der Waals surface area contributed by atoms with Crippen LogP contribution in [0.1, 0.15) is 48.7 Å². The number of nitriles is 1. The van der Waals surface area contributed by atoms with E-state index in [1.54, 1.807) is 0 Å². The molecule has 5 aromatic rings. The molecule has 5 rings (SSSR count). The number of benzene rings is 3. The molecule has 0 spiro atoms. The fraction of sp³-hybridized carbons (Fsp3) is 0.188. The molecule has 37 heavy (non-hydrogen) atoms. The maximum atomic E-state index is 9.26. The topological polar surface area (TPSA) is 50.8 Å². The van der Waals surface area contributed by atoms with Crippen LogP contribution in [-0.2, 0) is 10.0 Å². The zero-order valence-corrected chi connectivity index (χ0v) is 23.2. The summed E-state index contributed by atoms with van der Waals surface area (Å²) in [4.78, 5) is 4.95. The monoisotopic (exact) mass is 501 g/mol. The lowest BCUT2D eigenvalue weighted by Gasteiger charge is -2.38. The fourth-order valence-corrected chi connectivity index (χ4v) is 6.00. The fourth-order valence-electron chi connectivity index (χ4n) is 4.85. The van der Waals surface area contributed by atoms with E-state index in [0.29, 0.717) is 5.56 Å². The Balaban J connectivity index is 1.78. The van der Waals surface area contributed by atoms with Crippen LogP contribution >= 0.6 is 0 Å². The second kappa shape index (κ2) is 9.82. The van der Waals surface area contributed by atoms with E-state index < -0.39 is 15.4 Å². The minimum absolute atomic E-state index is 0.103. The summed E-state index contributed by atoms with van der Waals surface area (Å²) >= 11 is 0. The van der Waals surface area contributed by atoms with Crippen LogP contribution in [0.15, 0.2) is 103 Å². The van der Waals surface area contributed by atoms with Crippen molar-refractivity contribution in [2.75, 3.05) is 0 Å². The van der Waals surface area contributed by atoms with Crippen LogP contribution in [-0.4, -0.2) is 19.3 Å². The average Bonchev–Trinajstić information content (AvgIpc) is 3.25. The van der Waals surface area contributed by atoms with E-state index in [1.165, 1.54) is 0 Å². The number of rotatable bonds is 6. The minimum Gasteiger partial charge on any atom is -0.406 e. The van der Waals surface area contributed by atoms with Gasteiger partial charge in [-0.2, -0.15) is 5.26 Å². The maximum Gasteiger partial charge on any atom is 0.169 e. The van der Waals surface area contributed by atoms with Gasteiger partial charge in [0.15, 0.2) is 9.76 Å². The Morgan fingerprint density at radius 1 is 0.811 bits per heavy atom. The summed E-state index contributed by atoms with van der Waals surface area (Å²) in [6.45, 7) is 8.84. The van der Waals surface area contributed by atoms with Crippen molar-refractivity contribution >= 4 is 20.8 Å². The number of aryl methyl sites for hydroxylation is 1. The van der Waals surface area contributed by atoms with Gasteiger partial charge in [0.25, 0.3) is 0 Å². The number of aromatic nitrogens is 2. The standard InChI is InChI=1S/C32H31N3OSi/c1-23-19-29-30(35(23)28-17-15-24(21-33)16-18-28)20-27(22-34-29)32(36-37-31(2,3)4,25-11-7-5-8-12-25)26-13-9-6-10-14-26/h5-20,22H,37H2,1-4H3. The molecule has 0 atom stereocenters. The SMILES string of the molecule is Cc1cc2ncc(C(O[SiH2]C(C)(C)C)(c3ccccc3)c3ccccc3)cc2n1-c1ccc(C#N)cc1. The number of fused-ring (bicyclic) bond motifs is 1. The molecular formula is C32H31N3OSi. The maximum absolute atomic E-state index is 9.26. The second-order valence-electron chi connectivity index (χ2n) is 10.7. The van der Waals surface area contributed by atoms with E-state index in [0.717, 1.165) is 39.1 Å². The molecule has 0 fully saturated rings. The highest BCUT2D eigenvalue weighted by Crippen LogP contribution is 2.42. The third-order valence-electron chi connectivity index (χ3n) is 6.58. The van der Waals surface area contributed by atoms with Gasteiger partial charge in [-0.3, -0.25) is 4.98 Å². The van der Waals surface area contributed by atoms with Crippen molar-refractivity contribution in [2.24, 2.45) is 0 Å². The molecule has 0 N–H and O–H groups in total. The predicted octanol–water partition coefficient (Wildman–Crippen LogP) is 6.82. The zero-order valence-electron chi connectivity index (χ0n) is 21.8. The van der Waals surface area contributed by atoms with Crippen molar-refractivity contribution in [1.82, 2.24) is 9.55 Å². The van der Waals surface area contributed by atoms with Crippen molar-refractivity contribution in [3.8, 4) is 11.8 Å². The van der Waals surface area contributed by atoms with E-state index in [9.17, 15) is 5.26 Å². The summed E-state index contributed by atoms with van der Waals surface area (Å²) in [6, 6.07) is 35.2. The van der Waals surface area contributed by atoms with Crippen molar-refractivity contribution in [3.05, 3.63) is 131 Å². The second-order valence-corrected chi connectivity index (χ2v) is 13.4. The van der Waals surface area contributed by atoms with E-state index in [-0.39, 0.29) is 5.04 Å². The first kappa shape index (κ1) is 24.7. The summed E-state index contributed by atoms with van der Waals surface area (Å²) in [5.74, 6) is 0. The Morgan fingerprint density at radius 2 is 1.41 bits per heavy atom. The average molecular weight is 502 g/mol. The minimum atomic E-state index is -0.965. The van der Waals surface area contributed by atoms with Gasteiger partial charge < -0.3 is 8.99 Å². The molecule has 0 aliphatic rings. The zero-order chi connectivity index (χ0) is 26.0. The van der Waals surface area contributed by atoms with E-state index in [2.05, 4.69) is 99.0 Å². The summed E-state index contributed by atoms with van der Waals surface area (Å²) in [7, 11) is -0.965. The van der Waals surface area contributed by atoms with Crippen LogP contribution in [0.3, 0.4) is 0 Å². The van der Waals surface area contributed by atoms with Gasteiger partial charge in [0.05, 0.1) is 22.7 Å². The molecule has 0 unspecified atom stereocenters. The Kier molecular flexibility index (Phi) is 6.55. The third kappa shape index (κ3) is 4.74. The van der Waals surface area contributed by atoms with Crippen LogP contribution in [0.5, 0.6) is 0 Å². The van der Waals surface area contributed by atoms with Crippen molar-refractivity contribution in [2.45, 2.75) is 38.3 Å². The van der Waals surface area contributed by atoms with E-state index in [4.69, 9.17) is 9.41 Å². The van der Waals surface area contributed by atoms with Crippen LogP contribution in [0.4, 0.5) is 0 Å². The normalized spacial score (nSPS) is 12.3. The van der Waals surface area contributed by atoms with Gasteiger partial charge in [0.1, 0.15) is 5.60 Å². The molecule has 0 saturated carbocycles. The predicted molar refractivity (Wildman–Crippen MR) is 153 cm³/mol. The van der Waals surface area contributed by atoms with Crippen LogP contribution in [0.25, 0.3) is 16.7 Å². The van der Waals surface area contributed by atoms with Crippen LogP contribution < -0.4 is 0 Å². The van der Waals surface area contributed by atoms with Gasteiger partial charge in [-0.05, 0) is 59.5 Å². The number of hydrogen-bond donors (Lipinski definition) is 0. The molecule has 0 bridgehead atoms. The largest absolute Gasteiger partial charge is 0.406 e. The Morgan fingerprint density at radius 3 is 1.95 bits per heavy atom. The number of nitrogens with zero attached hydrogens (tertiary/aromatic N) is 3. The van der Waals surface area contributed by atoms with Crippen molar-refractivity contribution < 1.29 is 4.43 Å². The molecule has 4 nitrogen and oxygen atoms in total. The molecule has 2 heterocycles. The molecular weight excluding hydrogens is 470 g/mol. The van der Waals surface area contributed by atoms with Gasteiger partial charge in [0, 0.05) is 23.1 Å². The van der Waals surface area contributed by atoms with Crippen LogP contribution in [0.2, 0.25) is 5.04 Å². The third-order valence-corrected chi connectivity index (χ3v) is 8.02. The Bertz CT molecular complexity index is 1520. The molecule has 2 aromatic heterocycles. The lowest BCUT2D eigenvalue weighted by atomic mass is 9.81. The highest BCUT2D eigenvalue weighted by Gasteiger charge is 2.39. The van der Waals surface area contributed by atoms with Gasteiger partial charge in [0.2, 0.25) is 0 Å². The Hall–Kier alpha value is -3.98. The quantitative estimate of drug-likeness (QED) is 0.240. The highest BCUT2D eigenvalue weighted by atomic mass is 28.2. The number of hydrogen-bond acceptors (Lipinski definition) is 3. The summed E-state index contributed by atoms with van der Waals surface area (Å²) in [5, 5.41) is 9.36. The molecule has 0 saturated heterocycles. The molecule has 184 valence electrons. The van der Waals surface area contributed by atoms with E-state index >= 15 is 0 Å². The lowest BCUT2D eigenvalue weighted by molar-refractivity contribution is 0.156. The van der Waals surface area contributed by atoms with Gasteiger partial charge in [-0.1, -0.05) is 81.4 Å². The number of pyridine rings is 1. The van der Waals surface area contributed by atoms with Gasteiger partial charge in [-0.25, -0.2) is 0 Å². The molecule has 0 amide bonds. The summed E-state index contributed by atoms with van der Waals surface area (Å²) in [6.07, 6.45) is 1.97. The smallest absolute Gasteiger partial charge is 0.169 e. The molecule has 0 aliphatic heterocycles. The van der Waals surface area contributed by atoms with Crippen molar-refractivity contribution in [1.29, 1.82) is 5.26 Å². The molecule has 0 aliphatic carbocycles. The first-order valence-corrected chi connectivity index (χ1v) is 13.8. The van der Waals surface area contributed by atoms with E-state index in [1.807, 2.05) is 42.6 Å². The highest BCUT2D eigenvalue weighted by molar-refractivity contribution is 6.32. The first-order valence-electron chi connectivity index (χ1n) is 12.6. The molecule has 0 radical (unpaired) electrons. The summed E-state index contributed by atoms with van der Waals surface area (Å²) < 4.78 is 9.34. The Labute approximate surface area is 221 Å². The molecule has 3 aromatic carbocycles. The lowest BCUT2D eigenvalue weighted by Crippen LogP contribution is -2.36. The van der Waals surface area contributed by atoms with Gasteiger partial charge >= 0.3 is 0 Å².